The van der Waals surface area contributed by atoms with E-state index in [0.29, 0.717) is 17.9 Å². The molecule has 0 heterocycles. The summed E-state index contributed by atoms with van der Waals surface area (Å²) in [5, 5.41) is 0. The molecule has 3 nitrogen and oxygen atoms in total. The topological polar surface area (TPSA) is 35.5 Å². The Hall–Kier alpha value is -2.29. The Balaban J connectivity index is 2.03. The van der Waals surface area contributed by atoms with Crippen LogP contribution in [-0.4, -0.2) is 12.6 Å². The zero-order valence-corrected chi connectivity index (χ0v) is 10.1. The average molecular weight is 241 g/mol. The van der Waals surface area contributed by atoms with Crippen molar-refractivity contribution in [3.8, 4) is 11.5 Å². The second kappa shape index (κ2) is 5.87. The van der Waals surface area contributed by atoms with Crippen LogP contribution in [0.25, 0.3) is 0 Å². The van der Waals surface area contributed by atoms with Crippen molar-refractivity contribution >= 4 is 5.97 Å². The van der Waals surface area contributed by atoms with Gasteiger partial charge in [0.15, 0.2) is 0 Å². The summed E-state index contributed by atoms with van der Waals surface area (Å²) < 4.78 is 10.5. The highest BCUT2D eigenvalue weighted by molar-refractivity contribution is 5.90. The van der Waals surface area contributed by atoms with Gasteiger partial charge in [-0.3, -0.25) is 0 Å². The first-order chi connectivity index (χ1) is 8.79. The largest absolute Gasteiger partial charge is 0.494 e. The molecule has 0 aromatic heterocycles. The van der Waals surface area contributed by atoms with Gasteiger partial charge < -0.3 is 9.47 Å². The van der Waals surface area contributed by atoms with E-state index >= 15 is 0 Å². The predicted molar refractivity (Wildman–Crippen MR) is 67.8 cm³/mol. The van der Waals surface area contributed by atoms with Gasteiger partial charge in [-0.15, -0.1) is 0 Å². The summed E-state index contributed by atoms with van der Waals surface area (Å²) in [6, 6.07) is 16.5. The monoisotopic (exact) mass is 241 g/mol. The molecule has 0 aliphatic carbocycles. The van der Waals surface area contributed by atoms with Crippen molar-refractivity contribution in [1.29, 1.82) is 0 Å². The lowest BCUT2D eigenvalue weighted by atomic mass is 10.2. The van der Waals surface area contributed by atoms with Crippen LogP contribution >= 0.6 is 0 Å². The first kappa shape index (κ1) is 12.2. The van der Waals surface area contributed by atoms with Gasteiger partial charge in [-0.1, -0.05) is 12.1 Å². The number of carbonyl (C=O) groups excluding carboxylic acids is 1. The van der Waals surface area contributed by atoms with Crippen LogP contribution in [0.5, 0.6) is 11.5 Å². The van der Waals surface area contributed by atoms with Crippen molar-refractivity contribution in [2.45, 2.75) is 6.92 Å². The molecule has 2 aromatic carbocycles. The number of hydrogen-bond donors (Lipinski definition) is 0. The van der Waals surface area contributed by atoms with E-state index in [9.17, 15) is 4.79 Å². The first-order valence-corrected chi connectivity index (χ1v) is 5.71. The number of rotatable bonds is 4. The van der Waals surface area contributed by atoms with E-state index in [-0.39, 0.29) is 5.97 Å². The molecule has 18 heavy (non-hydrogen) atoms. The molecule has 0 saturated carbocycles. The Morgan fingerprint density at radius 3 is 2.28 bits per heavy atom. The maximum Gasteiger partial charge on any atom is 0.343 e. The van der Waals surface area contributed by atoms with E-state index in [1.54, 1.807) is 48.5 Å². The Morgan fingerprint density at radius 1 is 1.06 bits per heavy atom. The predicted octanol–water partition coefficient (Wildman–Crippen LogP) is 3.10. The highest BCUT2D eigenvalue weighted by Crippen LogP contribution is 2.18. The molecule has 0 amide bonds. The van der Waals surface area contributed by atoms with Crippen molar-refractivity contribution < 1.29 is 14.3 Å². The quantitative estimate of drug-likeness (QED) is 0.609. The van der Waals surface area contributed by atoms with E-state index in [1.165, 1.54) is 0 Å². The molecule has 0 N–H and O–H groups in total. The molecule has 0 bridgehead atoms. The minimum absolute atomic E-state index is 0.381. The van der Waals surface area contributed by atoms with Gasteiger partial charge in [0.25, 0.3) is 0 Å². The number of hydrogen-bond acceptors (Lipinski definition) is 3. The Kier molecular flexibility index (Phi) is 3.97. The van der Waals surface area contributed by atoms with Crippen molar-refractivity contribution in [3.05, 3.63) is 60.2 Å². The Labute approximate surface area is 106 Å². The summed E-state index contributed by atoms with van der Waals surface area (Å²) in [6.07, 6.45) is 0. The Bertz CT molecular complexity index is 503. The van der Waals surface area contributed by atoms with E-state index in [4.69, 9.17) is 9.47 Å². The molecule has 0 aliphatic heterocycles. The second-order valence-corrected chi connectivity index (χ2v) is 3.58. The fourth-order valence-corrected chi connectivity index (χ4v) is 1.46. The molecule has 0 spiro atoms. The lowest BCUT2D eigenvalue weighted by Gasteiger charge is -2.06. The van der Waals surface area contributed by atoms with Crippen molar-refractivity contribution in [2.24, 2.45) is 0 Å². The third-order valence-corrected chi connectivity index (χ3v) is 2.30. The maximum atomic E-state index is 11.8. The van der Waals surface area contributed by atoms with Gasteiger partial charge in [-0.25, -0.2) is 4.79 Å². The van der Waals surface area contributed by atoms with Gasteiger partial charge in [-0.2, -0.15) is 0 Å². The van der Waals surface area contributed by atoms with Crippen molar-refractivity contribution in [2.75, 3.05) is 6.61 Å². The number of benzene rings is 2. The highest BCUT2D eigenvalue weighted by atomic mass is 16.5. The molecule has 0 saturated heterocycles. The summed E-state index contributed by atoms with van der Waals surface area (Å²) in [5.74, 6) is 0.871. The molecule has 2 aromatic rings. The van der Waals surface area contributed by atoms with Crippen LogP contribution in [0.4, 0.5) is 0 Å². The van der Waals surface area contributed by atoms with Crippen molar-refractivity contribution in [3.63, 3.8) is 0 Å². The molecule has 91 valence electrons. The van der Waals surface area contributed by atoms with Gasteiger partial charge >= 0.3 is 5.97 Å². The smallest absolute Gasteiger partial charge is 0.343 e. The fourth-order valence-electron chi connectivity index (χ4n) is 1.46. The molecule has 1 radical (unpaired) electrons. The molecular weight excluding hydrogens is 228 g/mol. The number of esters is 1. The fraction of sp³-hybridized carbons (Fsp3) is 0.133. The van der Waals surface area contributed by atoms with Gasteiger partial charge in [-0.05, 0) is 49.4 Å². The van der Waals surface area contributed by atoms with Crippen LogP contribution in [0.3, 0.4) is 0 Å². The third-order valence-electron chi connectivity index (χ3n) is 2.30. The van der Waals surface area contributed by atoms with Gasteiger partial charge in [0, 0.05) is 0 Å². The van der Waals surface area contributed by atoms with Gasteiger partial charge in [0.05, 0.1) is 12.2 Å². The number of carbonyl (C=O) groups is 1. The lowest BCUT2D eigenvalue weighted by Crippen LogP contribution is -2.07. The second-order valence-electron chi connectivity index (χ2n) is 3.58. The summed E-state index contributed by atoms with van der Waals surface area (Å²) >= 11 is 0. The molecule has 0 aliphatic rings. The third kappa shape index (κ3) is 3.10. The first-order valence-electron chi connectivity index (χ1n) is 5.71. The van der Waals surface area contributed by atoms with Crippen LogP contribution in [0.2, 0.25) is 0 Å². The zero-order valence-electron chi connectivity index (χ0n) is 10.1. The Morgan fingerprint density at radius 2 is 1.67 bits per heavy atom. The maximum absolute atomic E-state index is 11.8. The molecule has 0 unspecified atom stereocenters. The highest BCUT2D eigenvalue weighted by Gasteiger charge is 2.07. The van der Waals surface area contributed by atoms with E-state index in [1.807, 2.05) is 6.92 Å². The van der Waals surface area contributed by atoms with E-state index in [0.717, 1.165) is 5.75 Å². The van der Waals surface area contributed by atoms with Crippen molar-refractivity contribution in [1.82, 2.24) is 0 Å². The normalized spacial score (nSPS) is 9.83. The van der Waals surface area contributed by atoms with Crippen LogP contribution in [-0.2, 0) is 0 Å². The summed E-state index contributed by atoms with van der Waals surface area (Å²) in [5.41, 5.74) is 0.502. The van der Waals surface area contributed by atoms with Crippen LogP contribution in [0.15, 0.2) is 48.5 Å². The molecule has 3 heteroatoms. The summed E-state index contributed by atoms with van der Waals surface area (Å²) in [7, 11) is 0. The lowest BCUT2D eigenvalue weighted by molar-refractivity contribution is 0.0734. The van der Waals surface area contributed by atoms with Crippen LogP contribution < -0.4 is 9.47 Å². The van der Waals surface area contributed by atoms with Gasteiger partial charge in [0.1, 0.15) is 11.5 Å². The van der Waals surface area contributed by atoms with E-state index < -0.39 is 0 Å². The average Bonchev–Trinajstić information content (AvgIpc) is 2.42. The molecular formula is C15H13O3. The molecule has 0 fully saturated rings. The van der Waals surface area contributed by atoms with E-state index in [2.05, 4.69) is 6.07 Å². The van der Waals surface area contributed by atoms with Crippen LogP contribution in [0, 0.1) is 6.07 Å². The summed E-state index contributed by atoms with van der Waals surface area (Å²) in [6.45, 7) is 2.53. The minimum atomic E-state index is -0.381. The molecule has 0 atom stereocenters. The van der Waals surface area contributed by atoms with Crippen LogP contribution in [0.1, 0.15) is 17.3 Å². The SMILES string of the molecule is CCOc1ccc(OC(=O)c2cc[c]cc2)cc1. The zero-order chi connectivity index (χ0) is 12.8. The minimum Gasteiger partial charge on any atom is -0.494 e. The summed E-state index contributed by atoms with van der Waals surface area (Å²) in [4.78, 5) is 11.8. The molecule has 2 rings (SSSR count). The standard InChI is InChI=1S/C15H13O3/c1-2-17-13-8-10-14(11-9-13)18-15(16)12-6-4-3-5-7-12/h4-11H,2H2,1H3. The number of ether oxygens (including phenoxy) is 2. The van der Waals surface area contributed by atoms with Gasteiger partial charge in [0.2, 0.25) is 0 Å².